The Kier molecular flexibility index (Phi) is 5.99. The second-order valence-electron chi connectivity index (χ2n) is 7.02. The molecule has 1 aromatic heterocycles. The molecule has 0 radical (unpaired) electrons. The van der Waals surface area contributed by atoms with Crippen molar-refractivity contribution >= 4 is 40.8 Å². The van der Waals surface area contributed by atoms with Crippen LogP contribution in [-0.2, 0) is 0 Å². The molecule has 1 aliphatic heterocycles. The molecule has 1 saturated heterocycles. The van der Waals surface area contributed by atoms with E-state index in [1.165, 1.54) is 6.07 Å². The van der Waals surface area contributed by atoms with Crippen LogP contribution in [0.1, 0.15) is 20.7 Å². The first-order chi connectivity index (χ1) is 15.0. The number of rotatable bonds is 5. The third-order valence-electron chi connectivity index (χ3n) is 5.05. The zero-order valence-electron chi connectivity index (χ0n) is 16.5. The van der Waals surface area contributed by atoms with Crippen molar-refractivity contribution in [1.29, 1.82) is 0 Å². The van der Waals surface area contributed by atoms with Crippen molar-refractivity contribution < 1.29 is 14.7 Å². The van der Waals surface area contributed by atoms with Crippen LogP contribution in [0.15, 0.2) is 60.9 Å². The summed E-state index contributed by atoms with van der Waals surface area (Å²) in [5, 5.41) is 13.0. The molecule has 2 aromatic carbocycles. The number of anilines is 3. The number of carboxylic acids is 1. The first-order valence-electron chi connectivity index (χ1n) is 9.72. The predicted octanol–water partition coefficient (Wildman–Crippen LogP) is 3.41. The van der Waals surface area contributed by atoms with Crippen molar-refractivity contribution in [2.24, 2.45) is 0 Å². The third-order valence-corrected chi connectivity index (χ3v) is 5.30. The van der Waals surface area contributed by atoms with E-state index >= 15 is 0 Å². The van der Waals surface area contributed by atoms with Crippen LogP contribution < -0.4 is 15.1 Å². The number of benzene rings is 2. The van der Waals surface area contributed by atoms with Gasteiger partial charge in [0.25, 0.3) is 5.91 Å². The highest BCUT2D eigenvalue weighted by Crippen LogP contribution is 2.26. The molecule has 1 fully saturated rings. The number of hydrogen-bond acceptors (Lipinski definition) is 6. The van der Waals surface area contributed by atoms with Gasteiger partial charge in [-0.15, -0.1) is 0 Å². The van der Waals surface area contributed by atoms with Gasteiger partial charge in [-0.1, -0.05) is 11.6 Å². The molecule has 9 heteroatoms. The van der Waals surface area contributed by atoms with Crippen LogP contribution in [0, 0.1) is 0 Å². The summed E-state index contributed by atoms with van der Waals surface area (Å²) in [6.07, 6.45) is 3.41. The lowest BCUT2D eigenvalue weighted by Gasteiger charge is -2.36. The largest absolute Gasteiger partial charge is 0.478 e. The monoisotopic (exact) mass is 437 g/mol. The summed E-state index contributed by atoms with van der Waals surface area (Å²) in [4.78, 5) is 37.0. The van der Waals surface area contributed by atoms with Gasteiger partial charge in [-0.3, -0.25) is 4.79 Å². The van der Waals surface area contributed by atoms with E-state index in [0.29, 0.717) is 54.1 Å². The summed E-state index contributed by atoms with van der Waals surface area (Å²) in [5.74, 6) is -0.718. The summed E-state index contributed by atoms with van der Waals surface area (Å²) in [5.41, 5.74) is 1.60. The van der Waals surface area contributed by atoms with Gasteiger partial charge in [0.2, 0.25) is 5.95 Å². The van der Waals surface area contributed by atoms with Gasteiger partial charge < -0.3 is 20.2 Å². The van der Waals surface area contributed by atoms with E-state index in [1.54, 1.807) is 54.9 Å². The van der Waals surface area contributed by atoms with Crippen molar-refractivity contribution in [3.05, 3.63) is 77.1 Å². The Hall–Kier alpha value is -3.65. The molecule has 4 rings (SSSR count). The van der Waals surface area contributed by atoms with E-state index < -0.39 is 5.97 Å². The molecule has 8 nitrogen and oxygen atoms in total. The lowest BCUT2D eigenvalue weighted by molar-refractivity contribution is 0.0697. The normalized spacial score (nSPS) is 13.7. The second kappa shape index (κ2) is 9.01. The fraction of sp³-hybridized carbons (Fsp3) is 0.182. The van der Waals surface area contributed by atoms with Crippen molar-refractivity contribution in [3.8, 4) is 0 Å². The van der Waals surface area contributed by atoms with Gasteiger partial charge in [-0.2, -0.15) is 0 Å². The average molecular weight is 438 g/mol. The van der Waals surface area contributed by atoms with Crippen molar-refractivity contribution in [1.82, 2.24) is 9.97 Å². The van der Waals surface area contributed by atoms with Crippen LogP contribution in [-0.4, -0.2) is 53.1 Å². The zero-order chi connectivity index (χ0) is 21.8. The van der Waals surface area contributed by atoms with E-state index in [4.69, 9.17) is 11.6 Å². The van der Waals surface area contributed by atoms with Gasteiger partial charge >= 0.3 is 5.97 Å². The van der Waals surface area contributed by atoms with Gasteiger partial charge in [-0.05, 0) is 48.5 Å². The maximum absolute atomic E-state index is 12.4. The Morgan fingerprint density at radius 2 is 1.58 bits per heavy atom. The molecule has 2 heterocycles. The van der Waals surface area contributed by atoms with E-state index in [1.807, 2.05) is 4.90 Å². The molecule has 0 aliphatic carbocycles. The fourth-order valence-corrected chi connectivity index (χ4v) is 3.59. The predicted molar refractivity (Wildman–Crippen MR) is 119 cm³/mol. The molecule has 1 aliphatic rings. The van der Waals surface area contributed by atoms with Gasteiger partial charge in [-0.25, -0.2) is 14.8 Å². The number of nitrogens with one attached hydrogen (secondary N) is 1. The summed E-state index contributed by atoms with van der Waals surface area (Å²) < 4.78 is 0. The number of hydrogen-bond donors (Lipinski definition) is 2. The van der Waals surface area contributed by atoms with Crippen molar-refractivity contribution in [3.63, 3.8) is 0 Å². The van der Waals surface area contributed by atoms with Gasteiger partial charge in [0.1, 0.15) is 0 Å². The fourth-order valence-electron chi connectivity index (χ4n) is 3.47. The Labute approximate surface area is 184 Å². The molecule has 0 spiro atoms. The molecule has 0 unspecified atom stereocenters. The standard InChI is InChI=1S/C22H20ClN5O3/c23-16-4-2-15(3-5-16)20(29)26-17-6-7-19(18(14-17)21(30)31)27-10-12-28(13-11-27)22-24-8-1-9-25-22/h1-9,14H,10-13H2,(H,26,29)(H,30,31). The average Bonchev–Trinajstić information content (AvgIpc) is 2.80. The molecule has 31 heavy (non-hydrogen) atoms. The number of halogens is 1. The topological polar surface area (TPSA) is 98.7 Å². The lowest BCUT2D eigenvalue weighted by atomic mass is 10.1. The molecule has 0 bridgehead atoms. The third kappa shape index (κ3) is 4.75. The van der Waals surface area contributed by atoms with Gasteiger partial charge in [0.15, 0.2) is 0 Å². The van der Waals surface area contributed by atoms with Crippen LogP contribution in [0.2, 0.25) is 5.02 Å². The number of carbonyl (C=O) groups is 2. The summed E-state index contributed by atoms with van der Waals surface area (Å²) in [7, 11) is 0. The minimum absolute atomic E-state index is 0.137. The molecule has 0 saturated carbocycles. The van der Waals surface area contributed by atoms with Crippen LogP contribution in [0.4, 0.5) is 17.3 Å². The van der Waals surface area contributed by atoms with Crippen molar-refractivity contribution in [2.45, 2.75) is 0 Å². The van der Waals surface area contributed by atoms with Crippen LogP contribution >= 0.6 is 11.6 Å². The number of carboxylic acid groups (broad SMARTS) is 1. The van der Waals surface area contributed by atoms with Gasteiger partial charge in [0.05, 0.1) is 11.3 Å². The highest BCUT2D eigenvalue weighted by Gasteiger charge is 2.23. The number of aromatic nitrogens is 2. The first kappa shape index (κ1) is 20.6. The smallest absolute Gasteiger partial charge is 0.337 e. The molecule has 3 aromatic rings. The first-order valence-corrected chi connectivity index (χ1v) is 10.1. The molecule has 2 N–H and O–H groups in total. The number of piperazine rings is 1. The maximum Gasteiger partial charge on any atom is 0.337 e. The Morgan fingerprint density at radius 1 is 0.935 bits per heavy atom. The highest BCUT2D eigenvalue weighted by molar-refractivity contribution is 6.30. The molecule has 0 atom stereocenters. The Morgan fingerprint density at radius 3 is 2.23 bits per heavy atom. The molecular formula is C22H20ClN5O3. The number of carbonyl (C=O) groups excluding carboxylic acids is 1. The molecule has 1 amide bonds. The van der Waals surface area contributed by atoms with Crippen LogP contribution in [0.3, 0.4) is 0 Å². The summed E-state index contributed by atoms with van der Waals surface area (Å²) in [6.45, 7) is 2.63. The Bertz CT molecular complexity index is 1080. The van der Waals surface area contributed by atoms with Gasteiger partial charge in [0, 0.05) is 54.8 Å². The SMILES string of the molecule is O=C(Nc1ccc(N2CCN(c3ncccn3)CC2)c(C(=O)O)c1)c1ccc(Cl)cc1. The minimum atomic E-state index is -1.05. The second-order valence-corrected chi connectivity index (χ2v) is 7.46. The summed E-state index contributed by atoms with van der Waals surface area (Å²) >= 11 is 5.86. The van der Waals surface area contributed by atoms with E-state index in [2.05, 4.69) is 20.2 Å². The number of amides is 1. The van der Waals surface area contributed by atoms with E-state index in [9.17, 15) is 14.7 Å². The zero-order valence-corrected chi connectivity index (χ0v) is 17.3. The molecule has 158 valence electrons. The number of nitrogens with zero attached hydrogens (tertiary/aromatic N) is 4. The van der Waals surface area contributed by atoms with Crippen LogP contribution in [0.25, 0.3) is 0 Å². The minimum Gasteiger partial charge on any atom is -0.478 e. The van der Waals surface area contributed by atoms with Crippen molar-refractivity contribution in [2.75, 3.05) is 41.3 Å². The van der Waals surface area contributed by atoms with E-state index in [0.717, 1.165) is 0 Å². The summed E-state index contributed by atoms with van der Waals surface area (Å²) in [6, 6.07) is 13.2. The lowest BCUT2D eigenvalue weighted by Crippen LogP contribution is -2.47. The highest BCUT2D eigenvalue weighted by atomic mass is 35.5. The Balaban J connectivity index is 1.48. The van der Waals surface area contributed by atoms with E-state index in [-0.39, 0.29) is 11.5 Å². The maximum atomic E-state index is 12.4. The quantitative estimate of drug-likeness (QED) is 0.631. The number of aromatic carboxylic acids is 1. The molecular weight excluding hydrogens is 418 g/mol. The van der Waals surface area contributed by atoms with Crippen LogP contribution in [0.5, 0.6) is 0 Å².